The Morgan fingerprint density at radius 2 is 1.93 bits per heavy atom. The smallest absolute Gasteiger partial charge is 0.263 e. The number of thioether (sulfide) groups is 1. The van der Waals surface area contributed by atoms with Gasteiger partial charge in [-0.1, -0.05) is 70.2 Å². The van der Waals surface area contributed by atoms with Gasteiger partial charge in [-0.2, -0.15) is 0 Å². The molecule has 3 rings (SSSR count). The van der Waals surface area contributed by atoms with Gasteiger partial charge in [0.1, 0.15) is 10.1 Å². The molecule has 6 heteroatoms. The van der Waals surface area contributed by atoms with Crippen LogP contribution < -0.4 is 10.1 Å². The molecule has 140 valence electrons. The van der Waals surface area contributed by atoms with Crippen molar-refractivity contribution in [2.75, 3.05) is 6.61 Å². The highest BCUT2D eigenvalue weighted by Gasteiger charge is 2.22. The molecule has 0 radical (unpaired) electrons. The summed E-state index contributed by atoms with van der Waals surface area (Å²) in [6.07, 6.45) is 6.20. The van der Waals surface area contributed by atoms with Gasteiger partial charge in [-0.05, 0) is 55.5 Å². The topological polar surface area (TPSA) is 38.3 Å². The number of thiocarbonyl (C=S) groups is 1. The number of halogens is 1. The van der Waals surface area contributed by atoms with Crippen molar-refractivity contribution >= 4 is 56.2 Å². The van der Waals surface area contributed by atoms with Gasteiger partial charge in [-0.15, -0.1) is 0 Å². The molecular weight excluding hydrogens is 442 g/mol. The molecule has 1 aliphatic rings. The van der Waals surface area contributed by atoms with Crippen molar-refractivity contribution < 1.29 is 9.53 Å². The van der Waals surface area contributed by atoms with Crippen molar-refractivity contribution in [2.24, 2.45) is 0 Å². The molecule has 2 aromatic rings. The number of benzene rings is 2. The first-order chi connectivity index (χ1) is 13.1. The van der Waals surface area contributed by atoms with Gasteiger partial charge in [-0.25, -0.2) is 0 Å². The molecule has 0 saturated carbocycles. The maximum Gasteiger partial charge on any atom is 0.263 e. The summed E-state index contributed by atoms with van der Waals surface area (Å²) in [6.45, 7) is 0.657. The lowest BCUT2D eigenvalue weighted by molar-refractivity contribution is -0.115. The molecule has 0 bridgehead atoms. The van der Waals surface area contributed by atoms with Crippen molar-refractivity contribution in [3.63, 3.8) is 0 Å². The summed E-state index contributed by atoms with van der Waals surface area (Å²) in [5, 5.41) is 2.64. The Bertz CT molecular complexity index is 853. The SMILES string of the molecule is O=C1NC(=S)SC1=Cc1cc(Br)ccc1OCCCCCc1ccccc1. The standard InChI is InChI=1S/C21H20BrNO2S2/c22-17-10-11-18(16(13-17)14-19-20(24)23-21(26)27-19)25-12-6-2-5-9-15-7-3-1-4-8-15/h1,3-4,7-8,10-11,13-14H,2,5-6,9,12H2,(H,23,24,26). The number of aryl methyl sites for hydroxylation is 1. The molecule has 1 aliphatic heterocycles. The molecular formula is C21H20BrNO2S2. The van der Waals surface area contributed by atoms with E-state index < -0.39 is 0 Å². The van der Waals surface area contributed by atoms with Crippen molar-refractivity contribution in [1.29, 1.82) is 0 Å². The summed E-state index contributed by atoms with van der Waals surface area (Å²) in [4.78, 5) is 12.5. The maximum absolute atomic E-state index is 11.9. The second-order valence-corrected chi connectivity index (χ2v) is 8.81. The van der Waals surface area contributed by atoms with Crippen LogP contribution in [0.5, 0.6) is 5.75 Å². The quantitative estimate of drug-likeness (QED) is 0.309. The summed E-state index contributed by atoms with van der Waals surface area (Å²) >= 11 is 9.80. The minimum Gasteiger partial charge on any atom is -0.493 e. The molecule has 2 aromatic carbocycles. The van der Waals surface area contributed by atoms with Gasteiger partial charge in [0.05, 0.1) is 11.5 Å². The Balaban J connectivity index is 1.52. The second-order valence-electron chi connectivity index (χ2n) is 6.18. The minimum atomic E-state index is -0.156. The number of carbonyl (C=O) groups excluding carboxylic acids is 1. The van der Waals surface area contributed by atoms with Crippen LogP contribution in [0.25, 0.3) is 6.08 Å². The number of rotatable bonds is 8. The highest BCUT2D eigenvalue weighted by atomic mass is 79.9. The predicted molar refractivity (Wildman–Crippen MR) is 120 cm³/mol. The van der Waals surface area contributed by atoms with E-state index >= 15 is 0 Å². The van der Waals surface area contributed by atoms with Crippen LogP contribution >= 0.6 is 39.9 Å². The normalized spacial score (nSPS) is 15.2. The summed E-state index contributed by atoms with van der Waals surface area (Å²) < 4.78 is 7.41. The fraction of sp³-hybridized carbons (Fsp3) is 0.238. The molecule has 27 heavy (non-hydrogen) atoms. The number of nitrogens with one attached hydrogen (secondary N) is 1. The van der Waals surface area contributed by atoms with Crippen LogP contribution in [0.1, 0.15) is 30.4 Å². The maximum atomic E-state index is 11.9. The Morgan fingerprint density at radius 1 is 1.11 bits per heavy atom. The summed E-state index contributed by atoms with van der Waals surface area (Å²) in [5.41, 5.74) is 2.25. The van der Waals surface area contributed by atoms with Gasteiger partial charge >= 0.3 is 0 Å². The third-order valence-electron chi connectivity index (χ3n) is 4.11. The zero-order valence-electron chi connectivity index (χ0n) is 14.7. The first-order valence-corrected chi connectivity index (χ1v) is 10.8. The van der Waals surface area contributed by atoms with E-state index in [1.165, 1.54) is 17.3 Å². The second kappa shape index (κ2) is 10.1. The van der Waals surface area contributed by atoms with E-state index in [1.807, 2.05) is 30.3 Å². The summed E-state index contributed by atoms with van der Waals surface area (Å²) in [5.74, 6) is 0.622. The molecule has 0 aromatic heterocycles. The van der Waals surface area contributed by atoms with Crippen molar-refractivity contribution in [2.45, 2.75) is 25.7 Å². The summed E-state index contributed by atoms with van der Waals surface area (Å²) in [6, 6.07) is 16.4. The first kappa shape index (κ1) is 20.1. The molecule has 1 saturated heterocycles. The Kier molecular flexibility index (Phi) is 7.50. The molecule has 0 aliphatic carbocycles. The van der Waals surface area contributed by atoms with E-state index in [1.54, 1.807) is 0 Å². The van der Waals surface area contributed by atoms with Crippen LogP contribution in [-0.2, 0) is 11.2 Å². The van der Waals surface area contributed by atoms with Crippen molar-refractivity contribution in [3.8, 4) is 5.75 Å². The lowest BCUT2D eigenvalue weighted by atomic mass is 10.1. The Labute approximate surface area is 177 Å². The monoisotopic (exact) mass is 461 g/mol. The van der Waals surface area contributed by atoms with E-state index in [9.17, 15) is 4.79 Å². The van der Waals surface area contributed by atoms with Gasteiger partial charge in [0.15, 0.2) is 0 Å². The number of hydrogen-bond donors (Lipinski definition) is 1. The molecule has 1 fully saturated rings. The van der Waals surface area contributed by atoms with Crippen LogP contribution in [0, 0.1) is 0 Å². The van der Waals surface area contributed by atoms with Gasteiger partial charge in [-0.3, -0.25) is 4.79 Å². The zero-order valence-corrected chi connectivity index (χ0v) is 18.0. The average Bonchev–Trinajstić information content (AvgIpc) is 2.97. The predicted octanol–water partition coefficient (Wildman–Crippen LogP) is 5.73. The lowest BCUT2D eigenvalue weighted by Crippen LogP contribution is -2.17. The molecule has 1 heterocycles. The van der Waals surface area contributed by atoms with Gasteiger partial charge in [0.2, 0.25) is 0 Å². The lowest BCUT2D eigenvalue weighted by Gasteiger charge is -2.10. The van der Waals surface area contributed by atoms with E-state index in [2.05, 4.69) is 45.5 Å². The van der Waals surface area contributed by atoms with Crippen LogP contribution in [0.15, 0.2) is 57.9 Å². The zero-order chi connectivity index (χ0) is 19.1. The van der Waals surface area contributed by atoms with Gasteiger partial charge < -0.3 is 10.1 Å². The van der Waals surface area contributed by atoms with E-state index in [0.717, 1.165) is 41.5 Å². The molecule has 0 atom stereocenters. The fourth-order valence-electron chi connectivity index (χ4n) is 2.76. The first-order valence-electron chi connectivity index (χ1n) is 8.83. The summed E-state index contributed by atoms with van der Waals surface area (Å²) in [7, 11) is 0. The van der Waals surface area contributed by atoms with E-state index in [4.69, 9.17) is 17.0 Å². The van der Waals surface area contributed by atoms with Crippen LogP contribution in [0.4, 0.5) is 0 Å². The van der Waals surface area contributed by atoms with E-state index in [0.29, 0.717) is 15.8 Å². The largest absolute Gasteiger partial charge is 0.493 e. The number of amides is 1. The van der Waals surface area contributed by atoms with Crippen molar-refractivity contribution in [1.82, 2.24) is 5.32 Å². The molecule has 3 nitrogen and oxygen atoms in total. The van der Waals surface area contributed by atoms with Crippen molar-refractivity contribution in [3.05, 3.63) is 69.0 Å². The molecule has 0 unspecified atom stereocenters. The molecule has 1 amide bonds. The van der Waals surface area contributed by atoms with Gasteiger partial charge in [0, 0.05) is 10.0 Å². The average molecular weight is 462 g/mol. The Morgan fingerprint density at radius 3 is 2.67 bits per heavy atom. The van der Waals surface area contributed by atoms with E-state index in [-0.39, 0.29) is 5.91 Å². The fourth-order valence-corrected chi connectivity index (χ4v) is 4.17. The number of carbonyl (C=O) groups is 1. The molecule has 1 N–H and O–H groups in total. The van der Waals surface area contributed by atoms with Crippen LogP contribution in [0.3, 0.4) is 0 Å². The third-order valence-corrected chi connectivity index (χ3v) is 5.77. The van der Waals surface area contributed by atoms with Gasteiger partial charge in [0.25, 0.3) is 5.91 Å². The number of unbranched alkanes of at least 4 members (excludes halogenated alkanes) is 2. The third kappa shape index (κ3) is 6.19. The highest BCUT2D eigenvalue weighted by Crippen LogP contribution is 2.31. The Hall–Kier alpha value is -1.63. The number of hydrogen-bond acceptors (Lipinski definition) is 4. The van der Waals surface area contributed by atoms with Crippen LogP contribution in [0.2, 0.25) is 0 Å². The molecule has 0 spiro atoms. The number of ether oxygens (including phenoxy) is 1. The highest BCUT2D eigenvalue weighted by molar-refractivity contribution is 9.10. The minimum absolute atomic E-state index is 0.156. The van der Waals surface area contributed by atoms with Crippen LogP contribution in [-0.4, -0.2) is 16.8 Å².